The monoisotopic (exact) mass is 242 g/mol. The average Bonchev–Trinajstić information content (AvgIpc) is 2.91. The van der Waals surface area contributed by atoms with Crippen LogP contribution >= 0.6 is 0 Å². The first kappa shape index (κ1) is 12.3. The maximum Gasteiger partial charge on any atom is 0.137 e. The summed E-state index contributed by atoms with van der Waals surface area (Å²) in [6.07, 6.45) is 2.93. The van der Waals surface area contributed by atoms with Gasteiger partial charge < -0.3 is 5.11 Å². The van der Waals surface area contributed by atoms with Crippen molar-refractivity contribution in [3.8, 4) is 6.07 Å². The molecule has 0 saturated heterocycles. The fraction of sp³-hybridized carbons (Fsp3) is 0.308. The van der Waals surface area contributed by atoms with Crippen LogP contribution < -0.4 is 0 Å². The minimum absolute atomic E-state index is 0.200. The summed E-state index contributed by atoms with van der Waals surface area (Å²) < 4.78 is 1.53. The summed E-state index contributed by atoms with van der Waals surface area (Å²) >= 11 is 0. The molecule has 2 unspecified atom stereocenters. The number of aromatic nitrogens is 3. The number of hydrogen-bond donors (Lipinski definition) is 1. The van der Waals surface area contributed by atoms with Crippen molar-refractivity contribution in [3.63, 3.8) is 0 Å². The molecule has 2 rings (SSSR count). The van der Waals surface area contributed by atoms with E-state index in [1.807, 2.05) is 30.3 Å². The van der Waals surface area contributed by atoms with Gasteiger partial charge in [-0.2, -0.15) is 10.4 Å². The summed E-state index contributed by atoms with van der Waals surface area (Å²) in [5.74, 6) is -0.552. The molecule has 2 aromatic rings. The fourth-order valence-corrected chi connectivity index (χ4v) is 1.87. The summed E-state index contributed by atoms with van der Waals surface area (Å²) in [6.45, 7) is 1.90. The summed E-state index contributed by atoms with van der Waals surface area (Å²) in [5, 5.41) is 23.9. The first-order chi connectivity index (χ1) is 8.66. The molecule has 0 fully saturated rings. The van der Waals surface area contributed by atoms with Crippen LogP contribution in [0.2, 0.25) is 0 Å². The van der Waals surface area contributed by atoms with Crippen molar-refractivity contribution in [2.24, 2.45) is 5.92 Å². The lowest BCUT2D eigenvalue weighted by Crippen LogP contribution is -2.37. The summed E-state index contributed by atoms with van der Waals surface area (Å²) in [5.41, 5.74) is -0.571. The largest absolute Gasteiger partial charge is 0.382 e. The molecule has 0 amide bonds. The van der Waals surface area contributed by atoms with Crippen LogP contribution in [0, 0.1) is 17.2 Å². The van der Waals surface area contributed by atoms with Gasteiger partial charge in [0, 0.05) is 0 Å². The maximum atomic E-state index is 10.8. The lowest BCUT2D eigenvalue weighted by atomic mass is 9.83. The van der Waals surface area contributed by atoms with Crippen LogP contribution in [0.1, 0.15) is 12.5 Å². The molecule has 1 N–H and O–H groups in total. The van der Waals surface area contributed by atoms with Crippen molar-refractivity contribution in [2.45, 2.75) is 19.1 Å². The Morgan fingerprint density at radius 1 is 1.44 bits per heavy atom. The number of nitriles is 1. The van der Waals surface area contributed by atoms with E-state index in [0.717, 1.165) is 0 Å². The molecular weight excluding hydrogens is 228 g/mol. The molecule has 92 valence electrons. The molecule has 0 radical (unpaired) electrons. The minimum Gasteiger partial charge on any atom is -0.382 e. The zero-order chi connectivity index (χ0) is 13.0. The maximum absolute atomic E-state index is 10.8. The molecule has 0 saturated carbocycles. The number of aliphatic hydroxyl groups is 1. The third-order valence-electron chi connectivity index (χ3n) is 3.05. The number of rotatable bonds is 4. The van der Waals surface area contributed by atoms with Crippen molar-refractivity contribution in [2.75, 3.05) is 0 Å². The highest BCUT2D eigenvalue weighted by atomic mass is 16.3. The number of nitrogens with zero attached hydrogens (tertiary/aromatic N) is 4. The van der Waals surface area contributed by atoms with Crippen LogP contribution in [-0.4, -0.2) is 19.9 Å². The van der Waals surface area contributed by atoms with Crippen LogP contribution in [0.4, 0.5) is 0 Å². The van der Waals surface area contributed by atoms with Crippen molar-refractivity contribution < 1.29 is 5.11 Å². The molecule has 1 aromatic carbocycles. The van der Waals surface area contributed by atoms with E-state index >= 15 is 0 Å². The van der Waals surface area contributed by atoms with Crippen LogP contribution in [0.5, 0.6) is 0 Å². The van der Waals surface area contributed by atoms with E-state index in [1.165, 1.54) is 17.3 Å². The molecular formula is C13H14N4O. The lowest BCUT2D eigenvalue weighted by molar-refractivity contribution is -0.0166. The molecule has 0 aliphatic carbocycles. The predicted octanol–water partition coefficient (Wildman–Crippen LogP) is 1.33. The van der Waals surface area contributed by atoms with Gasteiger partial charge in [0.2, 0.25) is 0 Å². The lowest BCUT2D eigenvalue weighted by Gasteiger charge is -2.30. The molecule has 0 aliphatic heterocycles. The summed E-state index contributed by atoms with van der Waals surface area (Å²) in [6, 6.07) is 11.3. The molecule has 0 aliphatic rings. The van der Waals surface area contributed by atoms with Gasteiger partial charge in [0.05, 0.1) is 18.5 Å². The Balaban J connectivity index is 2.38. The zero-order valence-electron chi connectivity index (χ0n) is 10.1. The van der Waals surface area contributed by atoms with Gasteiger partial charge in [-0.05, 0) is 12.5 Å². The van der Waals surface area contributed by atoms with Crippen LogP contribution in [0.3, 0.4) is 0 Å². The van der Waals surface area contributed by atoms with Crippen molar-refractivity contribution in [1.82, 2.24) is 14.8 Å². The van der Waals surface area contributed by atoms with Crippen molar-refractivity contribution >= 4 is 0 Å². The van der Waals surface area contributed by atoms with Crippen LogP contribution in [-0.2, 0) is 12.1 Å². The number of hydrogen-bond acceptors (Lipinski definition) is 4. The third kappa shape index (κ3) is 2.24. The Morgan fingerprint density at radius 3 is 2.72 bits per heavy atom. The Morgan fingerprint density at radius 2 is 2.17 bits per heavy atom. The predicted molar refractivity (Wildman–Crippen MR) is 65.1 cm³/mol. The van der Waals surface area contributed by atoms with Crippen molar-refractivity contribution in [3.05, 3.63) is 48.5 Å². The van der Waals surface area contributed by atoms with E-state index < -0.39 is 11.5 Å². The van der Waals surface area contributed by atoms with Crippen molar-refractivity contribution in [1.29, 1.82) is 5.26 Å². The van der Waals surface area contributed by atoms with Gasteiger partial charge in [0.25, 0.3) is 0 Å². The van der Waals surface area contributed by atoms with Crippen LogP contribution in [0.15, 0.2) is 43.0 Å². The highest BCUT2D eigenvalue weighted by molar-refractivity contribution is 5.24. The third-order valence-corrected chi connectivity index (χ3v) is 3.05. The van der Waals surface area contributed by atoms with Gasteiger partial charge in [0.1, 0.15) is 18.3 Å². The van der Waals surface area contributed by atoms with Gasteiger partial charge >= 0.3 is 0 Å². The smallest absolute Gasteiger partial charge is 0.137 e. The first-order valence-corrected chi connectivity index (χ1v) is 5.67. The SMILES string of the molecule is CC(C#N)C(O)(Cn1cncn1)c1ccccc1. The van der Waals surface area contributed by atoms with Gasteiger partial charge in [-0.15, -0.1) is 0 Å². The molecule has 1 aromatic heterocycles. The van der Waals surface area contributed by atoms with Crippen LogP contribution in [0.25, 0.3) is 0 Å². The van der Waals surface area contributed by atoms with E-state index in [-0.39, 0.29) is 6.54 Å². The first-order valence-electron chi connectivity index (χ1n) is 5.67. The Bertz CT molecular complexity index is 532. The van der Waals surface area contributed by atoms with Gasteiger partial charge in [-0.1, -0.05) is 30.3 Å². The Hall–Kier alpha value is -2.19. The quantitative estimate of drug-likeness (QED) is 0.877. The zero-order valence-corrected chi connectivity index (χ0v) is 10.1. The molecule has 18 heavy (non-hydrogen) atoms. The van der Waals surface area contributed by atoms with E-state index in [4.69, 9.17) is 5.26 Å². The van der Waals surface area contributed by atoms with E-state index in [9.17, 15) is 5.11 Å². The standard InChI is InChI=1S/C13H14N4O/c1-11(7-14)13(18,8-17-10-15-9-16-17)12-5-3-2-4-6-12/h2-6,9-11,18H,8H2,1H3. The Kier molecular flexibility index (Phi) is 3.40. The number of benzene rings is 1. The second-order valence-corrected chi connectivity index (χ2v) is 4.23. The van der Waals surface area contributed by atoms with E-state index in [2.05, 4.69) is 16.2 Å². The van der Waals surface area contributed by atoms with Gasteiger partial charge in [0.15, 0.2) is 0 Å². The topological polar surface area (TPSA) is 74.7 Å². The molecule has 0 bridgehead atoms. The molecule has 0 spiro atoms. The molecule has 5 nitrogen and oxygen atoms in total. The molecule has 5 heteroatoms. The average molecular weight is 242 g/mol. The van der Waals surface area contributed by atoms with E-state index in [1.54, 1.807) is 6.92 Å². The highest BCUT2D eigenvalue weighted by Gasteiger charge is 2.36. The fourth-order valence-electron chi connectivity index (χ4n) is 1.87. The highest BCUT2D eigenvalue weighted by Crippen LogP contribution is 2.30. The minimum atomic E-state index is -1.27. The second kappa shape index (κ2) is 4.98. The van der Waals surface area contributed by atoms with Gasteiger partial charge in [-0.25, -0.2) is 9.67 Å². The summed E-state index contributed by atoms with van der Waals surface area (Å²) in [4.78, 5) is 3.84. The Labute approximate surface area is 105 Å². The molecule has 2 atom stereocenters. The summed E-state index contributed by atoms with van der Waals surface area (Å²) in [7, 11) is 0. The normalized spacial score (nSPS) is 15.6. The van der Waals surface area contributed by atoms with Gasteiger partial charge in [-0.3, -0.25) is 0 Å². The molecule has 1 heterocycles. The second-order valence-electron chi connectivity index (χ2n) is 4.23. The van der Waals surface area contributed by atoms with E-state index in [0.29, 0.717) is 5.56 Å².